The van der Waals surface area contributed by atoms with Gasteiger partial charge in [0.2, 0.25) is 0 Å². The number of halogens is 3. The van der Waals surface area contributed by atoms with Crippen LogP contribution in [-0.4, -0.2) is 24.2 Å². The van der Waals surface area contributed by atoms with Crippen molar-refractivity contribution in [2.45, 2.75) is 46.7 Å². The second-order valence-electron chi connectivity index (χ2n) is 3.77. The fraction of sp³-hybridized carbons (Fsp3) is 0.909. The first-order valence-corrected chi connectivity index (χ1v) is 5.53. The van der Waals surface area contributed by atoms with Crippen molar-refractivity contribution in [2.24, 2.45) is 5.92 Å². The molecule has 16 heavy (non-hydrogen) atoms. The van der Waals surface area contributed by atoms with Gasteiger partial charge in [-0.3, -0.25) is 6.04 Å². The summed E-state index contributed by atoms with van der Waals surface area (Å²) < 4.78 is 37.0. The Balaban J connectivity index is 0. The SMILES string of the molecule is CC.C[C-](C)N1CCCC(C(F)(F)F)C1.[V]. The molecule has 0 aromatic rings. The van der Waals surface area contributed by atoms with Crippen molar-refractivity contribution in [3.63, 3.8) is 0 Å². The molecule has 0 bridgehead atoms. The minimum Gasteiger partial charge on any atom is -0.454 e. The normalized spacial score (nSPS) is 22.1. The van der Waals surface area contributed by atoms with Crippen LogP contribution in [0.15, 0.2) is 0 Å². The zero-order valence-electron chi connectivity index (χ0n) is 10.4. The maximum Gasteiger partial charge on any atom is 0.392 e. The molecule has 1 unspecified atom stereocenters. The molecule has 1 aliphatic rings. The van der Waals surface area contributed by atoms with Crippen LogP contribution in [0.5, 0.6) is 0 Å². The van der Waals surface area contributed by atoms with E-state index in [9.17, 15) is 13.2 Å². The predicted octanol–water partition coefficient (Wildman–Crippen LogP) is 3.86. The molecule has 1 fully saturated rings. The molecule has 0 N–H and O–H groups in total. The van der Waals surface area contributed by atoms with Crippen LogP contribution in [0.25, 0.3) is 0 Å². The Morgan fingerprint density at radius 1 is 1.19 bits per heavy atom. The summed E-state index contributed by atoms with van der Waals surface area (Å²) in [6, 6.07) is 0.981. The second kappa shape index (κ2) is 8.43. The van der Waals surface area contributed by atoms with E-state index in [1.54, 1.807) is 0 Å². The molecule has 1 radical (unpaired) electrons. The molecular formula is C11H21F3NV-. The van der Waals surface area contributed by atoms with E-state index in [1.165, 1.54) is 0 Å². The molecular weight excluding hydrogens is 254 g/mol. The number of rotatable bonds is 1. The van der Waals surface area contributed by atoms with Gasteiger partial charge in [-0.2, -0.15) is 27.0 Å². The largest absolute Gasteiger partial charge is 0.454 e. The number of likely N-dealkylation sites (tertiary alicyclic amines) is 1. The quantitative estimate of drug-likeness (QED) is 0.657. The van der Waals surface area contributed by atoms with Gasteiger partial charge in [0.15, 0.2) is 0 Å². The Morgan fingerprint density at radius 2 is 1.69 bits per heavy atom. The molecule has 1 saturated heterocycles. The number of nitrogens with zero attached hydrogens (tertiary/aromatic N) is 1. The van der Waals surface area contributed by atoms with E-state index in [0.29, 0.717) is 6.42 Å². The molecule has 97 valence electrons. The van der Waals surface area contributed by atoms with E-state index in [-0.39, 0.29) is 31.5 Å². The predicted molar refractivity (Wildman–Crippen MR) is 56.3 cm³/mol. The smallest absolute Gasteiger partial charge is 0.392 e. The minimum absolute atomic E-state index is 0. The molecule has 1 nitrogen and oxygen atoms in total. The molecule has 0 spiro atoms. The van der Waals surface area contributed by atoms with E-state index in [0.717, 1.165) is 12.6 Å². The van der Waals surface area contributed by atoms with Gasteiger partial charge in [-0.1, -0.05) is 13.8 Å². The van der Waals surface area contributed by atoms with Crippen LogP contribution in [0.1, 0.15) is 40.5 Å². The molecule has 5 heteroatoms. The summed E-state index contributed by atoms with van der Waals surface area (Å²) in [6.45, 7) is 8.64. The van der Waals surface area contributed by atoms with Gasteiger partial charge in [0, 0.05) is 18.6 Å². The van der Waals surface area contributed by atoms with Crippen molar-refractivity contribution >= 4 is 0 Å². The van der Waals surface area contributed by atoms with Crippen molar-refractivity contribution in [3.05, 3.63) is 6.04 Å². The van der Waals surface area contributed by atoms with Gasteiger partial charge >= 0.3 is 6.18 Å². The molecule has 1 atom stereocenters. The Hall–Kier alpha value is 0.334. The average molecular weight is 275 g/mol. The topological polar surface area (TPSA) is 3.24 Å². The van der Waals surface area contributed by atoms with Crippen molar-refractivity contribution < 1.29 is 31.7 Å². The van der Waals surface area contributed by atoms with Crippen LogP contribution in [0.4, 0.5) is 13.2 Å². The van der Waals surface area contributed by atoms with E-state index in [4.69, 9.17) is 0 Å². The Labute approximate surface area is 109 Å². The molecule has 1 heterocycles. The van der Waals surface area contributed by atoms with Gasteiger partial charge in [0.1, 0.15) is 0 Å². The van der Waals surface area contributed by atoms with Gasteiger partial charge in [-0.25, -0.2) is 0 Å². The number of alkyl halides is 3. The zero-order chi connectivity index (χ0) is 12.1. The third kappa shape index (κ3) is 6.16. The van der Waals surface area contributed by atoms with E-state index in [1.807, 2.05) is 32.6 Å². The fourth-order valence-corrected chi connectivity index (χ4v) is 1.65. The van der Waals surface area contributed by atoms with E-state index in [2.05, 4.69) is 0 Å². The first-order chi connectivity index (χ1) is 6.91. The maximum atomic E-state index is 12.3. The van der Waals surface area contributed by atoms with Crippen molar-refractivity contribution in [1.82, 2.24) is 4.90 Å². The summed E-state index contributed by atoms with van der Waals surface area (Å²) in [7, 11) is 0. The minimum atomic E-state index is -4.02. The van der Waals surface area contributed by atoms with Gasteiger partial charge in [0.25, 0.3) is 0 Å². The summed E-state index contributed by atoms with van der Waals surface area (Å²) in [5.41, 5.74) is 0. The van der Waals surface area contributed by atoms with Crippen molar-refractivity contribution in [1.29, 1.82) is 0 Å². The number of piperidine rings is 1. The fourth-order valence-electron chi connectivity index (χ4n) is 1.65. The van der Waals surface area contributed by atoms with Crippen LogP contribution in [0.3, 0.4) is 0 Å². The van der Waals surface area contributed by atoms with E-state index < -0.39 is 12.1 Å². The summed E-state index contributed by atoms with van der Waals surface area (Å²) >= 11 is 0. The van der Waals surface area contributed by atoms with Crippen LogP contribution in [-0.2, 0) is 18.6 Å². The summed E-state index contributed by atoms with van der Waals surface area (Å²) in [5, 5.41) is 0. The van der Waals surface area contributed by atoms with E-state index >= 15 is 0 Å². The summed E-state index contributed by atoms with van der Waals surface area (Å²) in [6.07, 6.45) is -3.09. The third-order valence-electron chi connectivity index (χ3n) is 2.52. The summed E-state index contributed by atoms with van der Waals surface area (Å²) in [5.74, 6) is -1.13. The van der Waals surface area contributed by atoms with Crippen molar-refractivity contribution in [2.75, 3.05) is 13.1 Å². The molecule has 0 amide bonds. The van der Waals surface area contributed by atoms with Crippen molar-refractivity contribution in [3.8, 4) is 0 Å². The second-order valence-corrected chi connectivity index (χ2v) is 3.77. The molecule has 0 aromatic carbocycles. The van der Waals surface area contributed by atoms with Gasteiger partial charge in [-0.05, 0) is 25.9 Å². The third-order valence-corrected chi connectivity index (χ3v) is 2.52. The number of hydrogen-bond donors (Lipinski definition) is 0. The first-order valence-electron chi connectivity index (χ1n) is 5.53. The van der Waals surface area contributed by atoms with Crippen LogP contribution < -0.4 is 0 Å². The molecule has 0 saturated carbocycles. The Kier molecular flexibility index (Phi) is 9.85. The number of hydrogen-bond acceptors (Lipinski definition) is 1. The Morgan fingerprint density at radius 3 is 2.06 bits per heavy atom. The van der Waals surface area contributed by atoms with Gasteiger partial charge in [0.05, 0.1) is 5.92 Å². The van der Waals surface area contributed by atoms with Crippen LogP contribution in [0.2, 0.25) is 0 Å². The molecule has 1 rings (SSSR count). The maximum absolute atomic E-state index is 12.3. The summed E-state index contributed by atoms with van der Waals surface area (Å²) in [4.78, 5) is 1.82. The van der Waals surface area contributed by atoms with Crippen LogP contribution >= 0.6 is 0 Å². The average Bonchev–Trinajstić information content (AvgIpc) is 2.20. The first kappa shape index (κ1) is 18.7. The standard InChI is InChI=1S/C9H15F3N.C2H6.V/c1-7(2)13-5-3-4-8(6-13)9(10,11)12;1-2;/h8H,3-6H2,1-2H3;1-2H3;/q-1;;. The van der Waals surface area contributed by atoms with Gasteiger partial charge in [-0.15, -0.1) is 0 Å². The monoisotopic (exact) mass is 275 g/mol. The molecule has 1 aliphatic heterocycles. The van der Waals surface area contributed by atoms with Gasteiger partial charge < -0.3 is 4.90 Å². The van der Waals surface area contributed by atoms with Crippen LogP contribution in [0, 0.1) is 12.0 Å². The molecule has 0 aliphatic carbocycles. The zero-order valence-corrected chi connectivity index (χ0v) is 11.8. The Bertz CT molecular complexity index is 171. The molecule has 0 aromatic heterocycles.